The van der Waals surface area contributed by atoms with Crippen LogP contribution in [-0.2, 0) is 13.0 Å². The largest absolute Gasteiger partial charge is 0.316 e. The molecule has 0 aromatic heterocycles. The van der Waals surface area contributed by atoms with Gasteiger partial charge in [0.05, 0.1) is 0 Å². The van der Waals surface area contributed by atoms with Crippen molar-refractivity contribution in [2.75, 3.05) is 7.05 Å². The van der Waals surface area contributed by atoms with Crippen LogP contribution < -0.4 is 5.32 Å². The first-order valence-electron chi connectivity index (χ1n) is 6.81. The molecule has 0 aliphatic rings. The van der Waals surface area contributed by atoms with Gasteiger partial charge in [0.1, 0.15) is 0 Å². The molecule has 2 aromatic rings. The molecule has 0 saturated carbocycles. The van der Waals surface area contributed by atoms with Gasteiger partial charge in [-0.3, -0.25) is 4.79 Å². The molecule has 110 valence electrons. The highest BCUT2D eigenvalue weighted by atomic mass is 79.9. The molecule has 2 nitrogen and oxygen atoms in total. The van der Waals surface area contributed by atoms with Crippen molar-refractivity contribution >= 4 is 33.3 Å². The maximum absolute atomic E-state index is 12.1. The van der Waals surface area contributed by atoms with Gasteiger partial charge in [-0.1, -0.05) is 51.8 Å². The molecule has 0 heterocycles. The summed E-state index contributed by atoms with van der Waals surface area (Å²) in [4.78, 5) is 12.1. The fourth-order valence-corrected chi connectivity index (χ4v) is 2.65. The number of rotatable bonds is 6. The Hall–Kier alpha value is -1.16. The van der Waals surface area contributed by atoms with Crippen molar-refractivity contribution in [3.8, 4) is 0 Å². The fraction of sp³-hybridized carbons (Fsp3) is 0.235. The summed E-state index contributed by atoms with van der Waals surface area (Å²) in [6, 6.07) is 13.5. The topological polar surface area (TPSA) is 29.1 Å². The molecular weight excluding hydrogens is 350 g/mol. The summed E-state index contributed by atoms with van der Waals surface area (Å²) in [7, 11) is 1.89. The maximum atomic E-state index is 12.1. The Kier molecular flexibility index (Phi) is 5.97. The molecule has 1 N–H and O–H groups in total. The Morgan fingerprint density at radius 2 is 1.90 bits per heavy atom. The summed E-state index contributed by atoms with van der Waals surface area (Å²) in [5.41, 5.74) is 2.91. The van der Waals surface area contributed by atoms with Crippen molar-refractivity contribution in [1.82, 2.24) is 5.32 Å². The third-order valence-electron chi connectivity index (χ3n) is 3.29. The number of carbonyl (C=O) groups excluding carboxylic acids is 1. The normalized spacial score (nSPS) is 10.6. The third kappa shape index (κ3) is 4.67. The van der Waals surface area contributed by atoms with E-state index in [1.165, 1.54) is 0 Å². The van der Waals surface area contributed by atoms with Crippen molar-refractivity contribution in [3.05, 3.63) is 68.7 Å². The predicted octanol–water partition coefficient (Wildman–Crippen LogP) is 4.64. The van der Waals surface area contributed by atoms with Gasteiger partial charge in [-0.15, -0.1) is 0 Å². The van der Waals surface area contributed by atoms with E-state index in [9.17, 15) is 4.79 Å². The van der Waals surface area contributed by atoms with Gasteiger partial charge in [-0.25, -0.2) is 0 Å². The lowest BCUT2D eigenvalue weighted by molar-refractivity contribution is 0.0983. The number of hydrogen-bond acceptors (Lipinski definition) is 2. The van der Waals surface area contributed by atoms with E-state index in [2.05, 4.69) is 21.2 Å². The Morgan fingerprint density at radius 3 is 2.52 bits per heavy atom. The lowest BCUT2D eigenvalue weighted by Gasteiger charge is -2.07. The van der Waals surface area contributed by atoms with E-state index >= 15 is 0 Å². The van der Waals surface area contributed by atoms with Crippen LogP contribution >= 0.6 is 27.5 Å². The van der Waals surface area contributed by atoms with Gasteiger partial charge in [0.25, 0.3) is 0 Å². The highest BCUT2D eigenvalue weighted by Gasteiger charge is 2.07. The molecule has 0 aliphatic carbocycles. The van der Waals surface area contributed by atoms with Gasteiger partial charge in [0.2, 0.25) is 0 Å². The first-order valence-corrected chi connectivity index (χ1v) is 7.98. The number of aryl methyl sites for hydroxylation is 1. The van der Waals surface area contributed by atoms with Crippen molar-refractivity contribution in [2.24, 2.45) is 0 Å². The number of benzene rings is 2. The Bertz CT molecular complexity index is 625. The lowest BCUT2D eigenvalue weighted by atomic mass is 10.0. The zero-order valence-corrected chi connectivity index (χ0v) is 14.2. The van der Waals surface area contributed by atoms with Crippen LogP contribution in [0.2, 0.25) is 5.02 Å². The van der Waals surface area contributed by atoms with E-state index < -0.39 is 0 Å². The predicted molar refractivity (Wildman–Crippen MR) is 91.0 cm³/mol. The van der Waals surface area contributed by atoms with Crippen LogP contribution in [0.4, 0.5) is 0 Å². The lowest BCUT2D eigenvalue weighted by Crippen LogP contribution is -2.06. The molecule has 0 aliphatic heterocycles. The molecule has 21 heavy (non-hydrogen) atoms. The number of hydrogen-bond donors (Lipinski definition) is 1. The van der Waals surface area contributed by atoms with Crippen molar-refractivity contribution in [2.45, 2.75) is 19.4 Å². The van der Waals surface area contributed by atoms with Gasteiger partial charge in [0, 0.05) is 28.0 Å². The fourth-order valence-electron chi connectivity index (χ4n) is 2.12. The molecule has 4 heteroatoms. The first kappa shape index (κ1) is 16.2. The third-order valence-corrected chi connectivity index (χ3v) is 4.17. The number of carbonyl (C=O) groups is 1. The summed E-state index contributed by atoms with van der Waals surface area (Å²) < 4.78 is 0.978. The minimum absolute atomic E-state index is 0.151. The number of nitrogens with one attached hydrogen (secondary N) is 1. The molecule has 0 bridgehead atoms. The Morgan fingerprint density at radius 1 is 1.19 bits per heavy atom. The Labute approximate surface area is 138 Å². The van der Waals surface area contributed by atoms with E-state index in [4.69, 9.17) is 11.6 Å². The molecule has 0 radical (unpaired) electrons. The average Bonchev–Trinajstić information content (AvgIpc) is 2.48. The van der Waals surface area contributed by atoms with Crippen molar-refractivity contribution < 1.29 is 4.79 Å². The molecule has 2 rings (SSSR count). The van der Waals surface area contributed by atoms with Crippen LogP contribution in [0.5, 0.6) is 0 Å². The number of ketones is 1. The summed E-state index contributed by atoms with van der Waals surface area (Å²) in [6.45, 7) is 0.747. The van der Waals surface area contributed by atoms with E-state index in [0.29, 0.717) is 12.8 Å². The molecule has 0 unspecified atom stereocenters. The smallest absolute Gasteiger partial charge is 0.163 e. The summed E-state index contributed by atoms with van der Waals surface area (Å²) in [6.07, 6.45) is 1.19. The van der Waals surface area contributed by atoms with Crippen LogP contribution in [-0.4, -0.2) is 12.8 Å². The van der Waals surface area contributed by atoms with Crippen molar-refractivity contribution in [3.63, 3.8) is 0 Å². The van der Waals surface area contributed by atoms with E-state index in [1.807, 2.05) is 49.5 Å². The summed E-state index contributed by atoms with van der Waals surface area (Å²) >= 11 is 9.59. The highest BCUT2D eigenvalue weighted by molar-refractivity contribution is 9.10. The second-order valence-corrected chi connectivity index (χ2v) is 6.21. The van der Waals surface area contributed by atoms with Crippen LogP contribution in [0.15, 0.2) is 46.9 Å². The monoisotopic (exact) mass is 365 g/mol. The Balaban J connectivity index is 1.98. The van der Waals surface area contributed by atoms with Gasteiger partial charge in [-0.2, -0.15) is 0 Å². The average molecular weight is 367 g/mol. The number of halogens is 2. The van der Waals surface area contributed by atoms with Crippen LogP contribution in [0.1, 0.15) is 27.9 Å². The quantitative estimate of drug-likeness (QED) is 0.755. The van der Waals surface area contributed by atoms with E-state index in [0.717, 1.165) is 32.7 Å². The molecule has 0 atom stereocenters. The first-order chi connectivity index (χ1) is 10.1. The zero-order valence-electron chi connectivity index (χ0n) is 11.8. The van der Waals surface area contributed by atoms with Crippen LogP contribution in [0, 0.1) is 0 Å². The second-order valence-electron chi connectivity index (χ2n) is 4.89. The second kappa shape index (κ2) is 7.74. The zero-order chi connectivity index (χ0) is 15.2. The van der Waals surface area contributed by atoms with E-state index in [-0.39, 0.29) is 5.78 Å². The standard InChI is InChI=1S/C17H17BrClNO/c1-20-11-14-4-2-12(10-16(14)19)3-9-17(21)13-5-7-15(18)8-6-13/h2,4-8,10,20H,3,9,11H2,1H3. The number of Topliss-reactive ketones (excluding diaryl/α,β-unsaturated/α-hetero) is 1. The van der Waals surface area contributed by atoms with E-state index in [1.54, 1.807) is 0 Å². The van der Waals surface area contributed by atoms with Gasteiger partial charge in [0.15, 0.2) is 5.78 Å². The summed E-state index contributed by atoms with van der Waals surface area (Å²) in [5.74, 6) is 0.151. The minimum atomic E-state index is 0.151. The molecular formula is C17H17BrClNO. The highest BCUT2D eigenvalue weighted by Crippen LogP contribution is 2.19. The molecule has 2 aromatic carbocycles. The van der Waals surface area contributed by atoms with Gasteiger partial charge in [-0.05, 0) is 42.8 Å². The molecule has 0 spiro atoms. The van der Waals surface area contributed by atoms with Crippen molar-refractivity contribution in [1.29, 1.82) is 0 Å². The SMILES string of the molecule is CNCc1ccc(CCC(=O)c2ccc(Br)cc2)cc1Cl. The maximum Gasteiger partial charge on any atom is 0.163 e. The minimum Gasteiger partial charge on any atom is -0.316 e. The van der Waals surface area contributed by atoms with Crippen LogP contribution in [0.25, 0.3) is 0 Å². The van der Waals surface area contributed by atoms with Gasteiger partial charge >= 0.3 is 0 Å². The molecule has 0 saturated heterocycles. The van der Waals surface area contributed by atoms with Gasteiger partial charge < -0.3 is 5.32 Å². The summed E-state index contributed by atoms with van der Waals surface area (Å²) in [5, 5.41) is 3.83. The molecule has 0 amide bonds. The van der Waals surface area contributed by atoms with Crippen LogP contribution in [0.3, 0.4) is 0 Å². The molecule has 0 fully saturated rings.